The summed E-state index contributed by atoms with van der Waals surface area (Å²) >= 11 is 5.61. The molecule has 0 radical (unpaired) electrons. The lowest BCUT2D eigenvalue weighted by Crippen LogP contribution is -2.38. The van der Waals surface area contributed by atoms with Crippen LogP contribution in [0.1, 0.15) is 5.56 Å². The Morgan fingerprint density at radius 1 is 1.35 bits per heavy atom. The van der Waals surface area contributed by atoms with E-state index in [2.05, 4.69) is 5.32 Å². The normalized spacial score (nSPS) is 10.4. The minimum atomic E-state index is -0.750. The number of ether oxygens (including phenoxy) is 1. The summed E-state index contributed by atoms with van der Waals surface area (Å²) in [6.45, 7) is -0.679. The summed E-state index contributed by atoms with van der Waals surface area (Å²) in [5.74, 6) is -2.18. The van der Waals surface area contributed by atoms with Crippen LogP contribution < -0.4 is 5.32 Å². The first-order valence-corrected chi connectivity index (χ1v) is 6.94. The van der Waals surface area contributed by atoms with Gasteiger partial charge in [0, 0.05) is 20.2 Å². The minimum absolute atomic E-state index is 0.0644. The van der Waals surface area contributed by atoms with Crippen molar-refractivity contribution < 1.29 is 23.5 Å². The van der Waals surface area contributed by atoms with Gasteiger partial charge in [0.25, 0.3) is 5.91 Å². The molecule has 0 bridgehead atoms. The van der Waals surface area contributed by atoms with Crippen molar-refractivity contribution in [3.05, 3.63) is 40.7 Å². The Hall–Kier alpha value is -2.41. The van der Waals surface area contributed by atoms with E-state index in [-0.39, 0.29) is 17.5 Å². The van der Waals surface area contributed by atoms with Gasteiger partial charge in [-0.05, 0) is 23.8 Å². The van der Waals surface area contributed by atoms with Gasteiger partial charge >= 0.3 is 5.97 Å². The highest BCUT2D eigenvalue weighted by Gasteiger charge is 2.08. The van der Waals surface area contributed by atoms with Crippen molar-refractivity contribution in [1.29, 1.82) is 0 Å². The molecule has 124 valence electrons. The lowest BCUT2D eigenvalue weighted by Gasteiger charge is -2.10. The lowest BCUT2D eigenvalue weighted by molar-refractivity contribution is -0.144. The molecule has 0 aliphatic heterocycles. The summed E-state index contributed by atoms with van der Waals surface area (Å²) in [7, 11) is 3.11. The molecule has 1 rings (SSSR count). The number of amides is 2. The standard InChI is InChI=1S/C15H16ClFN2O4/c1-19(2)14(21)8-18-13(20)9-23-15(22)6-4-10-3-5-12(17)11(16)7-10/h3-7H,8-9H2,1-2H3,(H,18,20)/b6-4+. The van der Waals surface area contributed by atoms with Crippen molar-refractivity contribution in [2.75, 3.05) is 27.2 Å². The number of halogens is 2. The van der Waals surface area contributed by atoms with Crippen LogP contribution in [0.25, 0.3) is 6.08 Å². The van der Waals surface area contributed by atoms with Gasteiger partial charge in [-0.2, -0.15) is 0 Å². The molecule has 8 heteroatoms. The molecular weight excluding hydrogens is 327 g/mol. The quantitative estimate of drug-likeness (QED) is 0.623. The number of hydrogen-bond acceptors (Lipinski definition) is 4. The maximum absolute atomic E-state index is 13.0. The molecule has 1 aromatic carbocycles. The highest BCUT2D eigenvalue weighted by atomic mass is 35.5. The number of rotatable bonds is 6. The van der Waals surface area contributed by atoms with Crippen LogP contribution in [-0.2, 0) is 19.1 Å². The molecule has 1 aromatic rings. The summed E-state index contributed by atoms with van der Waals surface area (Å²) in [5, 5.41) is 2.25. The van der Waals surface area contributed by atoms with Crippen molar-refractivity contribution in [2.45, 2.75) is 0 Å². The number of nitrogens with one attached hydrogen (secondary N) is 1. The molecule has 0 aliphatic carbocycles. The molecule has 0 saturated heterocycles. The van der Waals surface area contributed by atoms with Gasteiger partial charge in [0.1, 0.15) is 5.82 Å². The lowest BCUT2D eigenvalue weighted by atomic mass is 10.2. The molecule has 0 atom stereocenters. The van der Waals surface area contributed by atoms with E-state index in [0.717, 1.165) is 6.08 Å². The monoisotopic (exact) mass is 342 g/mol. The van der Waals surface area contributed by atoms with Gasteiger partial charge in [-0.1, -0.05) is 17.7 Å². The second-order valence-electron chi connectivity index (χ2n) is 4.68. The maximum atomic E-state index is 13.0. The molecule has 0 saturated carbocycles. The maximum Gasteiger partial charge on any atom is 0.331 e. The van der Waals surface area contributed by atoms with Crippen molar-refractivity contribution in [3.8, 4) is 0 Å². The molecule has 23 heavy (non-hydrogen) atoms. The molecule has 0 fully saturated rings. The largest absolute Gasteiger partial charge is 0.452 e. The van der Waals surface area contributed by atoms with E-state index in [9.17, 15) is 18.8 Å². The summed E-state index contributed by atoms with van der Waals surface area (Å²) in [4.78, 5) is 35.4. The van der Waals surface area contributed by atoms with E-state index in [4.69, 9.17) is 16.3 Å². The second kappa shape index (κ2) is 8.89. The summed E-state index contributed by atoms with van der Waals surface area (Å²) in [5.41, 5.74) is 0.509. The number of carbonyl (C=O) groups is 3. The fraction of sp³-hybridized carbons (Fsp3) is 0.267. The van der Waals surface area contributed by atoms with Crippen LogP contribution in [0.3, 0.4) is 0 Å². The zero-order chi connectivity index (χ0) is 17.4. The number of nitrogens with zero attached hydrogens (tertiary/aromatic N) is 1. The number of carbonyl (C=O) groups excluding carboxylic acids is 3. The molecule has 0 aliphatic rings. The zero-order valence-corrected chi connectivity index (χ0v) is 13.4. The molecule has 0 unspecified atom stereocenters. The average Bonchev–Trinajstić information content (AvgIpc) is 2.51. The van der Waals surface area contributed by atoms with E-state index < -0.39 is 24.3 Å². The molecule has 1 N–H and O–H groups in total. The van der Waals surface area contributed by atoms with Gasteiger partial charge in [0.15, 0.2) is 6.61 Å². The Bertz CT molecular complexity index is 632. The molecular formula is C15H16ClFN2O4. The summed E-state index contributed by atoms with van der Waals surface area (Å²) in [6, 6.07) is 3.95. The van der Waals surface area contributed by atoms with Crippen molar-refractivity contribution in [1.82, 2.24) is 10.2 Å². The first-order chi connectivity index (χ1) is 10.8. The van der Waals surface area contributed by atoms with Crippen LogP contribution in [0.2, 0.25) is 5.02 Å². The predicted molar refractivity (Wildman–Crippen MR) is 83.1 cm³/mol. The fourth-order valence-electron chi connectivity index (χ4n) is 1.35. The van der Waals surface area contributed by atoms with E-state index in [0.29, 0.717) is 5.56 Å². The Morgan fingerprint density at radius 2 is 2.04 bits per heavy atom. The van der Waals surface area contributed by atoms with E-state index >= 15 is 0 Å². The number of esters is 1. The Balaban J connectivity index is 2.38. The highest BCUT2D eigenvalue weighted by molar-refractivity contribution is 6.30. The van der Waals surface area contributed by atoms with E-state index in [1.54, 1.807) is 14.1 Å². The molecule has 0 aromatic heterocycles. The van der Waals surface area contributed by atoms with Crippen molar-refractivity contribution >= 4 is 35.5 Å². The van der Waals surface area contributed by atoms with Crippen molar-refractivity contribution in [3.63, 3.8) is 0 Å². The SMILES string of the molecule is CN(C)C(=O)CNC(=O)COC(=O)/C=C/c1ccc(F)c(Cl)c1. The van der Waals surface area contributed by atoms with E-state index in [1.807, 2.05) is 0 Å². The molecule has 6 nitrogen and oxygen atoms in total. The Kier molecular flexibility index (Phi) is 7.21. The first kappa shape index (κ1) is 18.6. The van der Waals surface area contributed by atoms with E-state index in [1.165, 1.54) is 29.2 Å². The van der Waals surface area contributed by atoms with Gasteiger partial charge < -0.3 is 15.0 Å². The van der Waals surface area contributed by atoms with Crippen LogP contribution >= 0.6 is 11.6 Å². The third-order valence-electron chi connectivity index (χ3n) is 2.64. The number of hydrogen-bond donors (Lipinski definition) is 1. The topological polar surface area (TPSA) is 75.7 Å². The fourth-order valence-corrected chi connectivity index (χ4v) is 1.54. The zero-order valence-electron chi connectivity index (χ0n) is 12.6. The van der Waals surface area contributed by atoms with Crippen LogP contribution in [0, 0.1) is 5.82 Å². The van der Waals surface area contributed by atoms with Crippen LogP contribution in [0.4, 0.5) is 4.39 Å². The third kappa shape index (κ3) is 6.92. The predicted octanol–water partition coefficient (Wildman–Crippen LogP) is 1.24. The number of benzene rings is 1. The second-order valence-corrected chi connectivity index (χ2v) is 5.09. The smallest absolute Gasteiger partial charge is 0.331 e. The van der Waals surface area contributed by atoms with Crippen LogP contribution in [0.5, 0.6) is 0 Å². The van der Waals surface area contributed by atoms with Gasteiger partial charge in [0.05, 0.1) is 11.6 Å². The first-order valence-electron chi connectivity index (χ1n) is 6.56. The Morgan fingerprint density at radius 3 is 2.65 bits per heavy atom. The highest BCUT2D eigenvalue weighted by Crippen LogP contribution is 2.16. The van der Waals surface area contributed by atoms with Crippen LogP contribution in [0.15, 0.2) is 24.3 Å². The summed E-state index contributed by atoms with van der Waals surface area (Å²) < 4.78 is 17.7. The molecule has 0 heterocycles. The van der Waals surface area contributed by atoms with Gasteiger partial charge in [-0.15, -0.1) is 0 Å². The number of likely N-dealkylation sites (N-methyl/N-ethyl adjacent to an activating group) is 1. The Labute approximate surface area is 137 Å². The molecule has 0 spiro atoms. The van der Waals surface area contributed by atoms with Crippen molar-refractivity contribution in [2.24, 2.45) is 0 Å². The average molecular weight is 343 g/mol. The molecule has 2 amide bonds. The summed E-state index contributed by atoms with van der Waals surface area (Å²) in [6.07, 6.45) is 2.46. The minimum Gasteiger partial charge on any atom is -0.452 e. The van der Waals surface area contributed by atoms with Crippen LogP contribution in [-0.4, -0.2) is 49.9 Å². The van der Waals surface area contributed by atoms with Gasteiger partial charge in [0.2, 0.25) is 5.91 Å². The third-order valence-corrected chi connectivity index (χ3v) is 2.93. The van der Waals surface area contributed by atoms with Gasteiger partial charge in [-0.3, -0.25) is 9.59 Å². The van der Waals surface area contributed by atoms with Gasteiger partial charge in [-0.25, -0.2) is 9.18 Å².